The fraction of sp³-hybridized carbons (Fsp3) is 0.435. The molecule has 33 heavy (non-hydrogen) atoms. The number of fused-ring (bicyclic) bond motifs is 1. The van der Waals surface area contributed by atoms with E-state index in [0.717, 1.165) is 23.3 Å². The van der Waals surface area contributed by atoms with Crippen molar-refractivity contribution < 1.29 is 32.2 Å². The van der Waals surface area contributed by atoms with Crippen molar-refractivity contribution >= 4 is 15.9 Å². The highest BCUT2D eigenvalue weighted by molar-refractivity contribution is 7.89. The second-order valence-electron chi connectivity index (χ2n) is 7.57. The highest BCUT2D eigenvalue weighted by atomic mass is 32.2. The molecule has 1 atom stereocenters. The lowest BCUT2D eigenvalue weighted by Crippen LogP contribution is -2.28. The third kappa shape index (κ3) is 5.95. The number of methoxy groups -OCH3 is 2. The normalized spacial score (nSPS) is 15.0. The predicted molar refractivity (Wildman–Crippen MR) is 123 cm³/mol. The molecule has 1 aliphatic rings. The van der Waals surface area contributed by atoms with Crippen LogP contribution >= 0.6 is 0 Å². The van der Waals surface area contributed by atoms with Gasteiger partial charge in [-0.2, -0.15) is 0 Å². The van der Waals surface area contributed by atoms with Gasteiger partial charge in [0.15, 0.2) is 0 Å². The van der Waals surface area contributed by atoms with Gasteiger partial charge in [0, 0.05) is 43.3 Å². The first-order valence-electron chi connectivity index (χ1n) is 10.7. The van der Waals surface area contributed by atoms with Crippen LogP contribution in [0.25, 0.3) is 0 Å². The Hall–Kier alpha value is -2.82. The van der Waals surface area contributed by atoms with Crippen molar-refractivity contribution in [3.8, 4) is 17.2 Å². The molecule has 9 nitrogen and oxygen atoms in total. The van der Waals surface area contributed by atoms with Crippen LogP contribution in [-0.4, -0.2) is 54.4 Å². The highest BCUT2D eigenvalue weighted by Gasteiger charge is 2.23. The molecule has 0 aromatic heterocycles. The van der Waals surface area contributed by atoms with Crippen molar-refractivity contribution in [1.29, 1.82) is 0 Å². The van der Waals surface area contributed by atoms with Crippen molar-refractivity contribution in [3.63, 3.8) is 0 Å². The van der Waals surface area contributed by atoms with E-state index in [4.69, 9.17) is 18.9 Å². The lowest BCUT2D eigenvalue weighted by molar-refractivity contribution is 0.0950. The van der Waals surface area contributed by atoms with Gasteiger partial charge in [-0.05, 0) is 44.2 Å². The maximum absolute atomic E-state index is 12.9. The van der Waals surface area contributed by atoms with E-state index < -0.39 is 15.9 Å². The molecule has 10 heteroatoms. The maximum atomic E-state index is 12.9. The zero-order valence-electron chi connectivity index (χ0n) is 19.3. The zero-order chi connectivity index (χ0) is 24.0. The first-order chi connectivity index (χ1) is 15.8. The Bertz CT molecular complexity index is 1100. The molecule has 0 radical (unpaired) electrons. The largest absolute Gasteiger partial charge is 0.495 e. The summed E-state index contributed by atoms with van der Waals surface area (Å²) in [6, 6.07) is 8.09. The van der Waals surface area contributed by atoms with Crippen LogP contribution in [0.4, 0.5) is 0 Å². The van der Waals surface area contributed by atoms with Crippen LogP contribution in [0.3, 0.4) is 0 Å². The second kappa shape index (κ2) is 10.9. The molecule has 1 aliphatic heterocycles. The molecule has 2 aromatic carbocycles. The summed E-state index contributed by atoms with van der Waals surface area (Å²) in [6.45, 7) is 4.89. The van der Waals surface area contributed by atoms with Crippen LogP contribution in [0.5, 0.6) is 17.2 Å². The molecule has 0 fully saturated rings. The van der Waals surface area contributed by atoms with Gasteiger partial charge in [0.25, 0.3) is 5.91 Å². The Morgan fingerprint density at radius 2 is 1.97 bits per heavy atom. The monoisotopic (exact) mass is 478 g/mol. The van der Waals surface area contributed by atoms with Crippen LogP contribution in [0.15, 0.2) is 35.2 Å². The summed E-state index contributed by atoms with van der Waals surface area (Å²) < 4.78 is 49.4. The van der Waals surface area contributed by atoms with E-state index in [1.165, 1.54) is 32.4 Å². The highest BCUT2D eigenvalue weighted by Crippen LogP contribution is 2.35. The minimum Gasteiger partial charge on any atom is -0.495 e. The standard InChI is InChI=1S/C23H30N2O7S/c1-5-31-20-11-17-10-15(2)32-21(17)12-18(20)14-24-23(26)16-6-7-19(30-4)22(13-16)33(27,28)25-8-9-29-3/h6-7,11-13,15,25H,5,8-10,14H2,1-4H3,(H,24,26). The van der Waals surface area contributed by atoms with Crippen LogP contribution in [0.1, 0.15) is 35.3 Å². The summed E-state index contributed by atoms with van der Waals surface area (Å²) >= 11 is 0. The molecule has 2 aromatic rings. The van der Waals surface area contributed by atoms with Crippen molar-refractivity contribution in [2.24, 2.45) is 0 Å². The predicted octanol–water partition coefficient (Wildman–Crippen LogP) is 2.27. The average Bonchev–Trinajstić information content (AvgIpc) is 3.15. The van der Waals surface area contributed by atoms with Crippen molar-refractivity contribution in [2.75, 3.05) is 34.0 Å². The fourth-order valence-electron chi connectivity index (χ4n) is 3.57. The molecule has 1 unspecified atom stereocenters. The molecule has 2 N–H and O–H groups in total. The van der Waals surface area contributed by atoms with E-state index in [1.807, 2.05) is 26.0 Å². The molecule has 0 saturated heterocycles. The quantitative estimate of drug-likeness (QED) is 0.477. The molecule has 0 aliphatic carbocycles. The van der Waals surface area contributed by atoms with E-state index in [2.05, 4.69) is 10.0 Å². The number of hydrogen-bond acceptors (Lipinski definition) is 7. The van der Waals surface area contributed by atoms with Gasteiger partial charge >= 0.3 is 0 Å². The molecule has 180 valence electrons. The molecule has 1 amide bonds. The Morgan fingerprint density at radius 3 is 2.67 bits per heavy atom. The first kappa shape index (κ1) is 24.8. The Labute approximate surface area is 194 Å². The smallest absolute Gasteiger partial charge is 0.251 e. The SMILES string of the molecule is CCOc1cc2c(cc1CNC(=O)c1ccc(OC)c(S(=O)(=O)NCCOC)c1)OC(C)C2. The summed E-state index contributed by atoms with van der Waals surface area (Å²) in [5, 5.41) is 2.83. The van der Waals surface area contributed by atoms with Crippen molar-refractivity contribution in [2.45, 2.75) is 37.8 Å². The van der Waals surface area contributed by atoms with E-state index in [1.54, 1.807) is 0 Å². The zero-order valence-corrected chi connectivity index (χ0v) is 20.1. The van der Waals surface area contributed by atoms with E-state index >= 15 is 0 Å². The number of amides is 1. The van der Waals surface area contributed by atoms with Gasteiger partial charge in [-0.3, -0.25) is 4.79 Å². The van der Waals surface area contributed by atoms with E-state index in [-0.39, 0.29) is 42.0 Å². The Kier molecular flexibility index (Phi) is 8.17. The van der Waals surface area contributed by atoms with Crippen molar-refractivity contribution in [1.82, 2.24) is 10.0 Å². The van der Waals surface area contributed by atoms with Crippen LogP contribution in [0.2, 0.25) is 0 Å². The summed E-state index contributed by atoms with van der Waals surface area (Å²) in [6.07, 6.45) is 0.903. The van der Waals surface area contributed by atoms with Crippen LogP contribution < -0.4 is 24.2 Å². The van der Waals surface area contributed by atoms with Gasteiger partial charge in [0.05, 0.1) is 20.3 Å². The number of rotatable bonds is 11. The molecule has 0 bridgehead atoms. The molecule has 1 heterocycles. The van der Waals surface area contributed by atoms with Gasteiger partial charge in [-0.25, -0.2) is 13.1 Å². The van der Waals surface area contributed by atoms with Gasteiger partial charge < -0.3 is 24.3 Å². The minimum absolute atomic E-state index is 0.0940. The molecular weight excluding hydrogens is 448 g/mol. The number of ether oxygens (including phenoxy) is 4. The lowest BCUT2D eigenvalue weighted by Gasteiger charge is -2.14. The molecule has 3 rings (SSSR count). The van der Waals surface area contributed by atoms with E-state index in [0.29, 0.717) is 12.4 Å². The molecule has 0 saturated carbocycles. The van der Waals surface area contributed by atoms with Crippen LogP contribution in [-0.2, 0) is 27.7 Å². The molecule has 0 spiro atoms. The lowest BCUT2D eigenvalue weighted by atomic mass is 10.1. The van der Waals surface area contributed by atoms with E-state index in [9.17, 15) is 13.2 Å². The minimum atomic E-state index is -3.90. The maximum Gasteiger partial charge on any atom is 0.251 e. The average molecular weight is 479 g/mol. The number of hydrogen-bond donors (Lipinski definition) is 2. The van der Waals surface area contributed by atoms with Gasteiger partial charge in [-0.1, -0.05) is 0 Å². The van der Waals surface area contributed by atoms with Crippen LogP contribution in [0, 0.1) is 0 Å². The summed E-state index contributed by atoms with van der Waals surface area (Å²) in [5.74, 6) is 1.19. The Morgan fingerprint density at radius 1 is 1.18 bits per heavy atom. The van der Waals surface area contributed by atoms with Gasteiger partial charge in [0.2, 0.25) is 10.0 Å². The summed E-state index contributed by atoms with van der Waals surface area (Å²) in [7, 11) is -1.05. The van der Waals surface area contributed by atoms with Gasteiger partial charge in [-0.15, -0.1) is 0 Å². The topological polar surface area (TPSA) is 112 Å². The third-order valence-electron chi connectivity index (χ3n) is 5.13. The summed E-state index contributed by atoms with van der Waals surface area (Å²) in [5.41, 5.74) is 2.04. The number of benzene rings is 2. The fourth-order valence-corrected chi connectivity index (χ4v) is 4.78. The Balaban J connectivity index is 1.79. The second-order valence-corrected chi connectivity index (χ2v) is 9.31. The number of carbonyl (C=O) groups excluding carboxylic acids is 1. The molecular formula is C23H30N2O7S. The number of nitrogens with one attached hydrogen (secondary N) is 2. The third-order valence-corrected chi connectivity index (χ3v) is 6.61. The number of carbonyl (C=O) groups is 1. The first-order valence-corrected chi connectivity index (χ1v) is 12.2. The van der Waals surface area contributed by atoms with Gasteiger partial charge in [0.1, 0.15) is 28.2 Å². The number of sulfonamides is 1. The summed E-state index contributed by atoms with van der Waals surface area (Å²) in [4.78, 5) is 12.7. The van der Waals surface area contributed by atoms with Crippen molar-refractivity contribution in [3.05, 3.63) is 47.0 Å².